The zero-order valence-corrected chi connectivity index (χ0v) is 7.36. The second kappa shape index (κ2) is 4.74. The van der Waals surface area contributed by atoms with Crippen molar-refractivity contribution in [1.82, 2.24) is 0 Å². The van der Waals surface area contributed by atoms with Crippen LogP contribution in [-0.4, -0.2) is 24.0 Å². The van der Waals surface area contributed by atoms with Crippen LogP contribution in [0.5, 0.6) is 0 Å². The summed E-state index contributed by atoms with van der Waals surface area (Å²) < 4.78 is 0. The molecule has 3 nitrogen and oxygen atoms in total. The maximum atomic E-state index is 11.0. The fourth-order valence-corrected chi connectivity index (χ4v) is 1.12. The van der Waals surface area contributed by atoms with Gasteiger partial charge in [-0.05, 0) is 18.5 Å². The lowest BCUT2D eigenvalue weighted by molar-refractivity contribution is 0.0904. The first-order valence-corrected chi connectivity index (χ1v) is 4.21. The molecule has 3 N–H and O–H groups in total. The van der Waals surface area contributed by atoms with Crippen LogP contribution in [0.25, 0.3) is 0 Å². The molecule has 13 heavy (non-hydrogen) atoms. The zero-order chi connectivity index (χ0) is 9.68. The van der Waals surface area contributed by atoms with Gasteiger partial charge in [0, 0.05) is 5.56 Å². The Bertz CT molecular complexity index is 279. The number of aliphatic hydroxyl groups excluding tert-OH is 1. The first kappa shape index (κ1) is 9.89. The molecular formula is C10H13NO2. The highest BCUT2D eigenvalue weighted by Crippen LogP contribution is 2.05. The van der Waals surface area contributed by atoms with Crippen LogP contribution in [0.4, 0.5) is 0 Å². The molecule has 0 aliphatic heterocycles. The lowest BCUT2D eigenvalue weighted by Gasteiger charge is -2.00. The number of ketones is 1. The number of carbonyl (C=O) groups is 1. The molecule has 3 heteroatoms. The number of benzene rings is 1. The highest BCUT2D eigenvalue weighted by atomic mass is 16.3. The van der Waals surface area contributed by atoms with E-state index in [4.69, 9.17) is 10.8 Å². The van der Waals surface area contributed by atoms with E-state index in [1.54, 1.807) is 12.1 Å². The third kappa shape index (κ3) is 2.65. The molecule has 0 amide bonds. The SMILES string of the molecule is NCCc1ccc(C(=O)CO)cc1. The molecule has 0 heterocycles. The first-order valence-electron chi connectivity index (χ1n) is 4.21. The molecule has 1 aromatic carbocycles. The average molecular weight is 179 g/mol. The molecule has 0 aliphatic carbocycles. The molecule has 1 rings (SSSR count). The third-order valence-corrected chi connectivity index (χ3v) is 1.85. The minimum Gasteiger partial charge on any atom is -0.388 e. The summed E-state index contributed by atoms with van der Waals surface area (Å²) in [4.78, 5) is 11.0. The van der Waals surface area contributed by atoms with Gasteiger partial charge in [-0.3, -0.25) is 4.79 Å². The average Bonchev–Trinajstić information content (AvgIpc) is 2.18. The number of carbonyl (C=O) groups excluding carboxylic acids is 1. The molecular weight excluding hydrogens is 166 g/mol. The Morgan fingerprint density at radius 3 is 2.38 bits per heavy atom. The van der Waals surface area contributed by atoms with Crippen molar-refractivity contribution in [3.63, 3.8) is 0 Å². The Morgan fingerprint density at radius 1 is 1.31 bits per heavy atom. The van der Waals surface area contributed by atoms with Gasteiger partial charge in [0.05, 0.1) is 0 Å². The minimum atomic E-state index is -0.434. The molecule has 0 saturated carbocycles. The van der Waals surface area contributed by atoms with E-state index >= 15 is 0 Å². The summed E-state index contributed by atoms with van der Waals surface area (Å²) in [5, 5.41) is 8.59. The van der Waals surface area contributed by atoms with E-state index in [0.717, 1.165) is 12.0 Å². The van der Waals surface area contributed by atoms with Crippen molar-refractivity contribution in [3.05, 3.63) is 35.4 Å². The van der Waals surface area contributed by atoms with Crippen LogP contribution >= 0.6 is 0 Å². The van der Waals surface area contributed by atoms with Crippen molar-refractivity contribution in [2.75, 3.05) is 13.2 Å². The quantitative estimate of drug-likeness (QED) is 0.656. The third-order valence-electron chi connectivity index (χ3n) is 1.85. The fraction of sp³-hybridized carbons (Fsp3) is 0.300. The summed E-state index contributed by atoms with van der Waals surface area (Å²) in [6.07, 6.45) is 0.813. The Kier molecular flexibility index (Phi) is 3.61. The van der Waals surface area contributed by atoms with Gasteiger partial charge in [-0.2, -0.15) is 0 Å². The van der Waals surface area contributed by atoms with E-state index in [0.29, 0.717) is 12.1 Å². The largest absolute Gasteiger partial charge is 0.388 e. The molecule has 0 atom stereocenters. The van der Waals surface area contributed by atoms with Gasteiger partial charge in [-0.15, -0.1) is 0 Å². The maximum absolute atomic E-state index is 11.0. The summed E-state index contributed by atoms with van der Waals surface area (Å²) >= 11 is 0. The van der Waals surface area contributed by atoms with Crippen LogP contribution in [0.3, 0.4) is 0 Å². The monoisotopic (exact) mass is 179 g/mol. The normalized spacial score (nSPS) is 10.0. The van der Waals surface area contributed by atoms with Gasteiger partial charge >= 0.3 is 0 Å². The second-order valence-corrected chi connectivity index (χ2v) is 2.82. The van der Waals surface area contributed by atoms with Gasteiger partial charge in [0.2, 0.25) is 0 Å². The highest BCUT2D eigenvalue weighted by Gasteiger charge is 2.02. The number of nitrogens with two attached hydrogens (primary N) is 1. The van der Waals surface area contributed by atoms with Crippen molar-refractivity contribution >= 4 is 5.78 Å². The minimum absolute atomic E-state index is 0.251. The van der Waals surface area contributed by atoms with Gasteiger partial charge < -0.3 is 10.8 Å². The van der Waals surface area contributed by atoms with Crippen molar-refractivity contribution in [2.24, 2.45) is 5.73 Å². The number of Topliss-reactive ketones (excluding diaryl/α,β-unsaturated/α-hetero) is 1. The summed E-state index contributed by atoms with van der Waals surface area (Å²) in [5.74, 6) is -0.251. The van der Waals surface area contributed by atoms with E-state index in [9.17, 15) is 4.79 Å². The van der Waals surface area contributed by atoms with Gasteiger partial charge in [-0.25, -0.2) is 0 Å². The van der Waals surface area contributed by atoms with E-state index in [-0.39, 0.29) is 5.78 Å². The zero-order valence-electron chi connectivity index (χ0n) is 7.36. The molecule has 0 unspecified atom stereocenters. The number of rotatable bonds is 4. The van der Waals surface area contributed by atoms with E-state index in [1.807, 2.05) is 12.1 Å². The van der Waals surface area contributed by atoms with Gasteiger partial charge in [0.1, 0.15) is 6.61 Å². The summed E-state index contributed by atoms with van der Waals surface area (Å²) in [7, 11) is 0. The molecule has 0 fully saturated rings. The van der Waals surface area contributed by atoms with Crippen LogP contribution in [0.15, 0.2) is 24.3 Å². The molecule has 70 valence electrons. The summed E-state index contributed by atoms with van der Waals surface area (Å²) in [6.45, 7) is 0.170. The fourth-order valence-electron chi connectivity index (χ4n) is 1.12. The predicted octanol–water partition coefficient (Wildman–Crippen LogP) is 0.363. The molecule has 1 aromatic rings. The van der Waals surface area contributed by atoms with Crippen LogP contribution in [0.2, 0.25) is 0 Å². The van der Waals surface area contributed by atoms with Crippen molar-refractivity contribution in [1.29, 1.82) is 0 Å². The Hall–Kier alpha value is -1.19. The van der Waals surface area contributed by atoms with Crippen LogP contribution in [0.1, 0.15) is 15.9 Å². The summed E-state index contributed by atoms with van der Waals surface area (Å²) in [6, 6.07) is 7.14. The standard InChI is InChI=1S/C10H13NO2/c11-6-5-8-1-3-9(4-2-8)10(13)7-12/h1-4,12H,5-7,11H2. The lowest BCUT2D eigenvalue weighted by Crippen LogP contribution is -2.05. The summed E-state index contributed by atoms with van der Waals surface area (Å²) in [5.41, 5.74) is 7.03. The van der Waals surface area contributed by atoms with E-state index in [1.165, 1.54) is 0 Å². The van der Waals surface area contributed by atoms with Gasteiger partial charge in [-0.1, -0.05) is 24.3 Å². The Labute approximate surface area is 77.2 Å². The first-order chi connectivity index (χ1) is 6.27. The number of hydrogen-bond donors (Lipinski definition) is 2. The molecule has 0 aliphatic rings. The van der Waals surface area contributed by atoms with E-state index < -0.39 is 6.61 Å². The van der Waals surface area contributed by atoms with Crippen molar-refractivity contribution in [2.45, 2.75) is 6.42 Å². The van der Waals surface area contributed by atoms with Crippen LogP contribution in [0, 0.1) is 0 Å². The molecule has 0 aromatic heterocycles. The molecule has 0 spiro atoms. The van der Waals surface area contributed by atoms with Crippen molar-refractivity contribution < 1.29 is 9.90 Å². The second-order valence-electron chi connectivity index (χ2n) is 2.82. The maximum Gasteiger partial charge on any atom is 0.188 e. The van der Waals surface area contributed by atoms with Crippen molar-refractivity contribution in [3.8, 4) is 0 Å². The highest BCUT2D eigenvalue weighted by molar-refractivity contribution is 5.96. The smallest absolute Gasteiger partial charge is 0.188 e. The molecule has 0 bridgehead atoms. The number of hydrogen-bond acceptors (Lipinski definition) is 3. The van der Waals surface area contributed by atoms with E-state index in [2.05, 4.69) is 0 Å². The lowest BCUT2D eigenvalue weighted by atomic mass is 10.1. The topological polar surface area (TPSA) is 63.3 Å². The molecule has 0 radical (unpaired) electrons. The Morgan fingerprint density at radius 2 is 1.92 bits per heavy atom. The molecule has 0 saturated heterocycles. The van der Waals surface area contributed by atoms with Crippen LogP contribution < -0.4 is 5.73 Å². The van der Waals surface area contributed by atoms with Crippen LogP contribution in [-0.2, 0) is 6.42 Å². The Balaban J connectivity index is 2.75. The van der Waals surface area contributed by atoms with Gasteiger partial charge in [0.15, 0.2) is 5.78 Å². The number of aliphatic hydroxyl groups is 1. The predicted molar refractivity (Wildman–Crippen MR) is 50.6 cm³/mol. The van der Waals surface area contributed by atoms with Gasteiger partial charge in [0.25, 0.3) is 0 Å².